The van der Waals surface area contributed by atoms with Crippen LogP contribution < -0.4 is 15.1 Å². The van der Waals surface area contributed by atoms with E-state index in [0.717, 1.165) is 55.9 Å². The van der Waals surface area contributed by atoms with E-state index in [-0.39, 0.29) is 6.03 Å². The highest BCUT2D eigenvalue weighted by Crippen LogP contribution is 2.19. The van der Waals surface area contributed by atoms with E-state index >= 15 is 0 Å². The highest BCUT2D eigenvalue weighted by Gasteiger charge is 2.23. The molecule has 4 rings (SSSR count). The molecule has 4 heterocycles. The molecule has 0 spiro atoms. The summed E-state index contributed by atoms with van der Waals surface area (Å²) in [6.07, 6.45) is 0. The number of nitrogens with one attached hydrogen (secondary N) is 1. The van der Waals surface area contributed by atoms with Gasteiger partial charge in [-0.1, -0.05) is 0 Å². The summed E-state index contributed by atoms with van der Waals surface area (Å²) in [4.78, 5) is 21.0. The number of urea groups is 1. The number of aromatic nitrogens is 2. The third-order valence-electron chi connectivity index (χ3n) is 5.11. The Bertz CT molecular complexity index is 736. The number of amides is 2. The zero-order valence-electron chi connectivity index (χ0n) is 15.5. The van der Waals surface area contributed by atoms with Gasteiger partial charge in [0.25, 0.3) is 0 Å². The van der Waals surface area contributed by atoms with Crippen molar-refractivity contribution in [3.63, 3.8) is 0 Å². The monoisotopic (exact) mass is 387 g/mol. The zero-order valence-corrected chi connectivity index (χ0v) is 16.4. The quantitative estimate of drug-likeness (QED) is 0.864. The van der Waals surface area contributed by atoms with Gasteiger partial charge in [-0.3, -0.25) is 5.32 Å². The summed E-state index contributed by atoms with van der Waals surface area (Å²) < 4.78 is 0. The number of hydrogen-bond donors (Lipinski definition) is 1. The van der Waals surface area contributed by atoms with E-state index in [1.54, 1.807) is 0 Å². The van der Waals surface area contributed by atoms with Gasteiger partial charge in [0.05, 0.1) is 5.00 Å². The summed E-state index contributed by atoms with van der Waals surface area (Å²) in [7, 11) is 2.15. The van der Waals surface area contributed by atoms with Crippen LogP contribution in [0.1, 0.15) is 0 Å². The van der Waals surface area contributed by atoms with Gasteiger partial charge in [-0.15, -0.1) is 21.5 Å². The highest BCUT2D eigenvalue weighted by molar-refractivity contribution is 7.14. The first-order valence-electron chi connectivity index (χ1n) is 9.31. The Morgan fingerprint density at radius 3 is 2.04 bits per heavy atom. The van der Waals surface area contributed by atoms with Crippen LogP contribution >= 0.6 is 11.3 Å². The molecule has 0 aliphatic carbocycles. The molecule has 2 aliphatic rings. The predicted molar refractivity (Wildman–Crippen MR) is 109 cm³/mol. The molecule has 144 valence electrons. The highest BCUT2D eigenvalue weighted by atomic mass is 32.1. The van der Waals surface area contributed by atoms with Crippen molar-refractivity contribution in [3.05, 3.63) is 29.6 Å². The van der Waals surface area contributed by atoms with Crippen LogP contribution in [0.25, 0.3) is 0 Å². The van der Waals surface area contributed by atoms with E-state index in [1.165, 1.54) is 11.3 Å². The lowest BCUT2D eigenvalue weighted by atomic mass is 10.3. The molecule has 0 atom stereocenters. The van der Waals surface area contributed by atoms with Gasteiger partial charge in [-0.2, -0.15) is 0 Å². The first kappa shape index (κ1) is 18.0. The molecule has 0 bridgehead atoms. The van der Waals surface area contributed by atoms with E-state index in [2.05, 4.69) is 43.3 Å². The van der Waals surface area contributed by atoms with E-state index < -0.39 is 0 Å². The fourth-order valence-electron chi connectivity index (χ4n) is 3.36. The number of rotatable bonds is 3. The van der Waals surface area contributed by atoms with Gasteiger partial charge >= 0.3 is 6.03 Å². The Kier molecular flexibility index (Phi) is 5.40. The normalized spacial score (nSPS) is 18.6. The number of hydrogen-bond acceptors (Lipinski definition) is 7. The van der Waals surface area contributed by atoms with E-state index in [4.69, 9.17) is 0 Å². The molecule has 2 aromatic rings. The van der Waals surface area contributed by atoms with Crippen LogP contribution in [0.15, 0.2) is 29.6 Å². The molecule has 0 radical (unpaired) electrons. The number of piperazine rings is 2. The molecule has 2 saturated heterocycles. The van der Waals surface area contributed by atoms with E-state index in [9.17, 15) is 4.79 Å². The zero-order chi connectivity index (χ0) is 18.6. The number of likely N-dealkylation sites (N-methyl/N-ethyl adjacent to an activating group) is 1. The summed E-state index contributed by atoms with van der Waals surface area (Å²) >= 11 is 1.53. The molecule has 2 aromatic heterocycles. The third-order valence-corrected chi connectivity index (χ3v) is 5.89. The average molecular weight is 388 g/mol. The predicted octanol–water partition coefficient (Wildman–Crippen LogP) is 1.64. The third kappa shape index (κ3) is 4.30. The van der Waals surface area contributed by atoms with Crippen LogP contribution in [0.4, 0.5) is 21.4 Å². The summed E-state index contributed by atoms with van der Waals surface area (Å²) in [6.45, 7) is 6.97. The lowest BCUT2D eigenvalue weighted by Crippen LogP contribution is -2.50. The smallest absolute Gasteiger partial charge is 0.322 e. The number of carbonyl (C=O) groups is 1. The molecule has 0 unspecified atom stereocenters. The standard InChI is InChI=1S/C18H25N7OS/c1-22-6-8-23(9-7-22)15-4-5-16(21-20-15)24-10-12-25(13-11-24)18(26)19-17-3-2-14-27-17/h2-5,14H,6-13H2,1H3,(H,19,26). The average Bonchev–Trinajstić information content (AvgIpc) is 3.22. The number of carbonyl (C=O) groups excluding carboxylic acids is 1. The Labute approximate surface area is 163 Å². The van der Waals surface area contributed by atoms with Crippen LogP contribution in [0.2, 0.25) is 0 Å². The Morgan fingerprint density at radius 1 is 0.926 bits per heavy atom. The van der Waals surface area contributed by atoms with Gasteiger partial charge in [0, 0.05) is 52.4 Å². The maximum atomic E-state index is 12.3. The second-order valence-corrected chi connectivity index (χ2v) is 7.87. The maximum absolute atomic E-state index is 12.3. The van der Waals surface area contributed by atoms with Crippen molar-refractivity contribution in [2.24, 2.45) is 0 Å². The Hall–Kier alpha value is -2.39. The van der Waals surface area contributed by atoms with Crippen molar-refractivity contribution < 1.29 is 4.79 Å². The summed E-state index contributed by atoms with van der Waals surface area (Å²) in [5.41, 5.74) is 0. The van der Waals surface area contributed by atoms with Crippen molar-refractivity contribution in [1.82, 2.24) is 20.0 Å². The molecule has 0 aromatic carbocycles. The van der Waals surface area contributed by atoms with Gasteiger partial charge in [0.2, 0.25) is 0 Å². The molecule has 2 fully saturated rings. The number of thiophene rings is 1. The molecular formula is C18H25N7OS. The fraction of sp³-hybridized carbons (Fsp3) is 0.500. The van der Waals surface area contributed by atoms with Crippen LogP contribution in [0.5, 0.6) is 0 Å². The first-order valence-corrected chi connectivity index (χ1v) is 10.2. The number of nitrogens with zero attached hydrogens (tertiary/aromatic N) is 6. The van der Waals surface area contributed by atoms with Crippen LogP contribution in [-0.2, 0) is 0 Å². The first-order chi connectivity index (χ1) is 13.2. The van der Waals surface area contributed by atoms with Crippen molar-refractivity contribution in [2.75, 3.05) is 74.5 Å². The molecule has 2 amide bonds. The molecular weight excluding hydrogens is 362 g/mol. The van der Waals surface area contributed by atoms with Gasteiger partial charge in [0.15, 0.2) is 11.6 Å². The Balaban J connectivity index is 1.29. The van der Waals surface area contributed by atoms with Crippen LogP contribution in [0, 0.1) is 0 Å². The van der Waals surface area contributed by atoms with Gasteiger partial charge < -0.3 is 19.6 Å². The summed E-state index contributed by atoms with van der Waals surface area (Å²) in [5.74, 6) is 1.83. The second-order valence-electron chi connectivity index (χ2n) is 6.92. The molecule has 9 heteroatoms. The van der Waals surface area contributed by atoms with Gasteiger partial charge in [-0.25, -0.2) is 4.79 Å². The summed E-state index contributed by atoms with van der Waals surface area (Å²) in [6, 6.07) is 7.92. The summed E-state index contributed by atoms with van der Waals surface area (Å²) in [5, 5.41) is 14.6. The number of anilines is 3. The van der Waals surface area contributed by atoms with Crippen molar-refractivity contribution in [1.29, 1.82) is 0 Å². The fourth-order valence-corrected chi connectivity index (χ4v) is 3.97. The van der Waals surface area contributed by atoms with Gasteiger partial charge in [0.1, 0.15) is 0 Å². The second kappa shape index (κ2) is 8.10. The molecule has 0 saturated carbocycles. The minimum atomic E-state index is -0.0337. The lowest BCUT2D eigenvalue weighted by molar-refractivity contribution is 0.208. The molecule has 27 heavy (non-hydrogen) atoms. The van der Waals surface area contributed by atoms with Crippen molar-refractivity contribution >= 4 is 34.0 Å². The molecule has 2 aliphatic heterocycles. The van der Waals surface area contributed by atoms with Crippen molar-refractivity contribution in [2.45, 2.75) is 0 Å². The van der Waals surface area contributed by atoms with Gasteiger partial charge in [-0.05, 0) is 36.7 Å². The van der Waals surface area contributed by atoms with Crippen molar-refractivity contribution in [3.8, 4) is 0 Å². The lowest BCUT2D eigenvalue weighted by Gasteiger charge is -2.35. The minimum absolute atomic E-state index is 0.0337. The van der Waals surface area contributed by atoms with E-state index in [0.29, 0.717) is 13.1 Å². The SMILES string of the molecule is CN1CCN(c2ccc(N3CCN(C(=O)Nc4cccs4)CC3)nn2)CC1. The van der Waals surface area contributed by atoms with E-state index in [1.807, 2.05) is 28.5 Å². The Morgan fingerprint density at radius 2 is 1.52 bits per heavy atom. The topological polar surface area (TPSA) is 67.8 Å². The largest absolute Gasteiger partial charge is 0.353 e. The molecule has 8 nitrogen and oxygen atoms in total. The van der Waals surface area contributed by atoms with Crippen LogP contribution in [0.3, 0.4) is 0 Å². The van der Waals surface area contributed by atoms with Crippen LogP contribution in [-0.4, -0.2) is 85.4 Å². The minimum Gasteiger partial charge on any atom is -0.353 e. The molecule has 1 N–H and O–H groups in total. The maximum Gasteiger partial charge on any atom is 0.322 e.